The van der Waals surface area contributed by atoms with Crippen LogP contribution >= 0.6 is 0 Å². The van der Waals surface area contributed by atoms with Gasteiger partial charge in [0.2, 0.25) is 0 Å². The van der Waals surface area contributed by atoms with Gasteiger partial charge in [-0.25, -0.2) is 0 Å². The predicted octanol–water partition coefficient (Wildman–Crippen LogP) is 16.2. The maximum atomic E-state index is 2.47. The number of rotatable bonds is 7. The number of para-hydroxylation sites is 2. The van der Waals surface area contributed by atoms with E-state index in [1.807, 2.05) is 0 Å². The second-order valence-electron chi connectivity index (χ2n) is 16.1. The lowest BCUT2D eigenvalue weighted by Gasteiger charge is -2.16. The van der Waals surface area contributed by atoms with Crippen molar-refractivity contribution in [2.24, 2.45) is 0 Å². The highest BCUT2D eigenvalue weighted by Gasteiger charge is 2.20. The van der Waals surface area contributed by atoms with Crippen molar-refractivity contribution >= 4 is 43.6 Å². The van der Waals surface area contributed by atoms with Crippen LogP contribution in [-0.4, -0.2) is 9.13 Å². The van der Waals surface area contributed by atoms with E-state index in [4.69, 9.17) is 0 Å². The molecule has 0 fully saturated rings. The van der Waals surface area contributed by atoms with Crippen LogP contribution in [0.25, 0.3) is 111 Å². The Hall–Kier alpha value is -8.20. The van der Waals surface area contributed by atoms with Crippen LogP contribution in [-0.2, 0) is 0 Å². The van der Waals surface area contributed by atoms with Gasteiger partial charge in [-0.1, -0.05) is 182 Å². The molecular weight excluding hydrogens is 749 g/mol. The summed E-state index contributed by atoms with van der Waals surface area (Å²) in [5, 5.41) is 4.93. The van der Waals surface area contributed by atoms with Gasteiger partial charge in [-0.2, -0.15) is 0 Å². The summed E-state index contributed by atoms with van der Waals surface area (Å²) in [4.78, 5) is 0. The molecule has 0 atom stereocenters. The average Bonchev–Trinajstić information content (AvgIpc) is 3.86. The van der Waals surface area contributed by atoms with E-state index in [1.165, 1.54) is 105 Å². The molecule has 0 radical (unpaired) electrons. The first-order valence-electron chi connectivity index (χ1n) is 21.3. The molecule has 0 saturated carbocycles. The Kier molecular flexibility index (Phi) is 8.53. The first-order valence-corrected chi connectivity index (χ1v) is 21.3. The lowest BCUT2D eigenvalue weighted by molar-refractivity contribution is 1.18. The number of nitrogens with zero attached hydrogens (tertiary/aromatic N) is 2. The van der Waals surface area contributed by atoms with Gasteiger partial charge in [-0.3, -0.25) is 0 Å². The molecule has 290 valence electrons. The van der Waals surface area contributed by atoms with E-state index < -0.39 is 0 Å². The number of benzene rings is 10. The number of aromatic nitrogens is 2. The topological polar surface area (TPSA) is 9.86 Å². The number of hydrogen-bond donors (Lipinski definition) is 0. The summed E-state index contributed by atoms with van der Waals surface area (Å²) in [5.74, 6) is 0. The Morgan fingerprint density at radius 2 is 0.548 bits per heavy atom. The Morgan fingerprint density at radius 1 is 0.194 bits per heavy atom. The number of fused-ring (bicyclic) bond motifs is 6. The third-order valence-corrected chi connectivity index (χ3v) is 12.5. The third kappa shape index (κ3) is 5.96. The predicted molar refractivity (Wildman–Crippen MR) is 262 cm³/mol. The van der Waals surface area contributed by atoms with Gasteiger partial charge in [0, 0.05) is 32.7 Å². The summed E-state index contributed by atoms with van der Waals surface area (Å²) in [6.45, 7) is 0. The Balaban J connectivity index is 1.07. The van der Waals surface area contributed by atoms with Crippen molar-refractivity contribution in [2.75, 3.05) is 0 Å². The van der Waals surface area contributed by atoms with E-state index >= 15 is 0 Å². The molecule has 2 heteroatoms. The van der Waals surface area contributed by atoms with Gasteiger partial charge in [0.15, 0.2) is 0 Å². The van der Waals surface area contributed by atoms with Gasteiger partial charge < -0.3 is 9.13 Å². The molecular formula is C60H40N2. The van der Waals surface area contributed by atoms with E-state index in [2.05, 4.69) is 252 Å². The normalized spacial score (nSPS) is 11.5. The molecule has 0 saturated heterocycles. The van der Waals surface area contributed by atoms with Gasteiger partial charge in [0.25, 0.3) is 0 Å². The van der Waals surface area contributed by atoms with Crippen LogP contribution in [0.3, 0.4) is 0 Å². The van der Waals surface area contributed by atoms with Gasteiger partial charge in [0.1, 0.15) is 0 Å². The molecule has 12 aromatic rings. The Morgan fingerprint density at radius 3 is 1.10 bits per heavy atom. The maximum Gasteiger partial charge on any atom is 0.0541 e. The van der Waals surface area contributed by atoms with Crippen LogP contribution in [0.2, 0.25) is 0 Å². The summed E-state index contributed by atoms with van der Waals surface area (Å²) in [7, 11) is 0. The minimum absolute atomic E-state index is 1.15. The van der Waals surface area contributed by atoms with Gasteiger partial charge in [-0.05, 0) is 105 Å². The fourth-order valence-corrected chi connectivity index (χ4v) is 9.61. The summed E-state index contributed by atoms with van der Waals surface area (Å²) in [6.07, 6.45) is 0. The molecule has 10 aromatic carbocycles. The third-order valence-electron chi connectivity index (χ3n) is 12.5. The lowest BCUT2D eigenvalue weighted by atomic mass is 9.97. The van der Waals surface area contributed by atoms with Crippen LogP contribution in [0.15, 0.2) is 243 Å². The van der Waals surface area contributed by atoms with Crippen molar-refractivity contribution in [2.45, 2.75) is 0 Å². The summed E-state index contributed by atoms with van der Waals surface area (Å²) in [5.41, 5.74) is 19.1. The molecule has 62 heavy (non-hydrogen) atoms. The molecule has 0 bridgehead atoms. The first kappa shape index (κ1) is 35.7. The highest BCUT2D eigenvalue weighted by molar-refractivity contribution is 6.14. The smallest absolute Gasteiger partial charge is 0.0541 e. The highest BCUT2D eigenvalue weighted by atomic mass is 15.0. The van der Waals surface area contributed by atoms with E-state index in [9.17, 15) is 0 Å². The molecule has 0 aliphatic heterocycles. The van der Waals surface area contributed by atoms with Crippen molar-refractivity contribution in [1.29, 1.82) is 0 Å². The van der Waals surface area contributed by atoms with Crippen molar-refractivity contribution in [1.82, 2.24) is 9.13 Å². The van der Waals surface area contributed by atoms with Crippen molar-refractivity contribution in [3.05, 3.63) is 243 Å². The Labute approximate surface area is 360 Å². The van der Waals surface area contributed by atoms with E-state index in [-0.39, 0.29) is 0 Å². The van der Waals surface area contributed by atoms with Crippen LogP contribution in [0.5, 0.6) is 0 Å². The van der Waals surface area contributed by atoms with Crippen molar-refractivity contribution in [3.63, 3.8) is 0 Å². The van der Waals surface area contributed by atoms with Crippen LogP contribution in [0.4, 0.5) is 0 Å². The standard InChI is InChI=1S/C60H40N2/c1-5-17-41(18-6-1)45-29-33-57(51(37-45)44-23-11-4-12-24-44)62-59-34-30-46(42-19-7-2-8-20-42)38-53(59)54-40-48(32-36-60(54)62)47-31-35-58-52(39-47)50-26-14-16-28-56(50)61(58)55-27-15-13-25-49(55)43-21-9-3-10-22-43/h1-40H. The molecule has 2 heterocycles. The molecule has 0 N–H and O–H groups in total. The molecule has 0 amide bonds. The quantitative estimate of drug-likeness (QED) is 0.152. The molecule has 12 rings (SSSR count). The highest BCUT2D eigenvalue weighted by Crippen LogP contribution is 2.42. The fourth-order valence-electron chi connectivity index (χ4n) is 9.61. The van der Waals surface area contributed by atoms with E-state index in [0.717, 1.165) is 5.69 Å². The zero-order valence-corrected chi connectivity index (χ0v) is 34.0. The summed E-state index contributed by atoms with van der Waals surface area (Å²) in [6, 6.07) is 88.4. The van der Waals surface area contributed by atoms with Crippen LogP contribution in [0, 0.1) is 0 Å². The molecule has 0 aliphatic carbocycles. The van der Waals surface area contributed by atoms with E-state index in [0.29, 0.717) is 0 Å². The van der Waals surface area contributed by atoms with Gasteiger partial charge >= 0.3 is 0 Å². The minimum atomic E-state index is 1.15. The number of hydrogen-bond acceptors (Lipinski definition) is 0. The van der Waals surface area contributed by atoms with Gasteiger partial charge in [-0.15, -0.1) is 0 Å². The molecule has 0 spiro atoms. The van der Waals surface area contributed by atoms with Crippen LogP contribution < -0.4 is 0 Å². The molecule has 2 nitrogen and oxygen atoms in total. The van der Waals surface area contributed by atoms with Gasteiger partial charge in [0.05, 0.1) is 33.4 Å². The summed E-state index contributed by atoms with van der Waals surface area (Å²) >= 11 is 0. The monoisotopic (exact) mass is 788 g/mol. The zero-order valence-electron chi connectivity index (χ0n) is 34.0. The molecule has 0 aliphatic rings. The zero-order chi connectivity index (χ0) is 41.0. The second kappa shape index (κ2) is 14.8. The van der Waals surface area contributed by atoms with Crippen molar-refractivity contribution < 1.29 is 0 Å². The largest absolute Gasteiger partial charge is 0.309 e. The molecule has 2 aromatic heterocycles. The van der Waals surface area contributed by atoms with E-state index in [1.54, 1.807) is 0 Å². The minimum Gasteiger partial charge on any atom is -0.309 e. The lowest BCUT2D eigenvalue weighted by Crippen LogP contribution is -1.98. The first-order chi connectivity index (χ1) is 30.8. The SMILES string of the molecule is c1ccc(-c2ccc(-n3c4ccc(-c5ccccc5)cc4c4cc(-c5ccc6c(c5)c5ccccc5n6-c5ccccc5-c5ccccc5)ccc43)c(-c3ccccc3)c2)cc1. The Bertz CT molecular complexity index is 3600. The average molecular weight is 789 g/mol. The maximum absolute atomic E-state index is 2.47. The summed E-state index contributed by atoms with van der Waals surface area (Å²) < 4.78 is 4.91. The second-order valence-corrected chi connectivity index (χ2v) is 16.1. The van der Waals surface area contributed by atoms with Crippen LogP contribution in [0.1, 0.15) is 0 Å². The van der Waals surface area contributed by atoms with Crippen molar-refractivity contribution in [3.8, 4) is 67.0 Å². The fraction of sp³-hybridized carbons (Fsp3) is 0. The molecule has 0 unspecified atom stereocenters.